The minimum atomic E-state index is 0.536. The lowest BCUT2D eigenvalue weighted by molar-refractivity contribution is 1.03. The van der Waals surface area contributed by atoms with Gasteiger partial charge in [0.15, 0.2) is 5.82 Å². The van der Waals surface area contributed by atoms with Gasteiger partial charge in [-0.3, -0.25) is 4.99 Å². The van der Waals surface area contributed by atoms with Gasteiger partial charge in [0.05, 0.1) is 17.6 Å². The van der Waals surface area contributed by atoms with Gasteiger partial charge in [-0.15, -0.1) is 0 Å². The number of rotatable bonds is 2. The van der Waals surface area contributed by atoms with Crippen LogP contribution in [0.4, 0.5) is 5.82 Å². The molecule has 0 bridgehead atoms. The Balaban J connectivity index is 3.32. The fourth-order valence-electron chi connectivity index (χ4n) is 0.934. The topological polar surface area (TPSA) is 50.5 Å². The highest BCUT2D eigenvalue weighted by Crippen LogP contribution is 2.13. The van der Waals surface area contributed by atoms with Crippen molar-refractivity contribution in [1.29, 1.82) is 0 Å². The van der Waals surface area contributed by atoms with E-state index in [2.05, 4.69) is 26.7 Å². The molecule has 1 aromatic heterocycles. The molecule has 0 amide bonds. The molecule has 13 heavy (non-hydrogen) atoms. The molecule has 0 aliphatic heterocycles. The summed E-state index contributed by atoms with van der Waals surface area (Å²) in [6, 6.07) is 0. The Labute approximate surface area is 77.5 Å². The molecule has 0 atom stereocenters. The van der Waals surface area contributed by atoms with Crippen molar-refractivity contribution >= 4 is 18.7 Å². The Hall–Kier alpha value is -1.58. The molecule has 0 aromatic carbocycles. The molecule has 1 rings (SSSR count). The molecular formula is C9H12N4. The van der Waals surface area contributed by atoms with E-state index in [0.717, 1.165) is 11.4 Å². The third-order valence-corrected chi connectivity index (χ3v) is 1.72. The monoisotopic (exact) mass is 176 g/mol. The van der Waals surface area contributed by atoms with Gasteiger partial charge in [0.2, 0.25) is 0 Å². The third kappa shape index (κ3) is 1.96. The summed E-state index contributed by atoms with van der Waals surface area (Å²) in [7, 11) is 1.68. The van der Waals surface area contributed by atoms with E-state index in [1.54, 1.807) is 13.3 Å². The van der Waals surface area contributed by atoms with Crippen LogP contribution in [-0.4, -0.2) is 29.9 Å². The number of hydrogen-bond acceptors (Lipinski definition) is 4. The maximum atomic E-state index is 4.29. The lowest BCUT2D eigenvalue weighted by Gasteiger charge is -2.02. The van der Waals surface area contributed by atoms with Crippen molar-refractivity contribution in [2.45, 2.75) is 13.8 Å². The number of nitrogens with zero attached hydrogens (tertiary/aromatic N) is 4. The Morgan fingerprint density at radius 3 is 2.38 bits per heavy atom. The van der Waals surface area contributed by atoms with Gasteiger partial charge in [-0.1, -0.05) is 0 Å². The maximum Gasteiger partial charge on any atom is 0.179 e. The first kappa shape index (κ1) is 9.51. The van der Waals surface area contributed by atoms with Crippen molar-refractivity contribution < 1.29 is 0 Å². The Kier molecular flexibility index (Phi) is 2.84. The van der Waals surface area contributed by atoms with Gasteiger partial charge >= 0.3 is 0 Å². The van der Waals surface area contributed by atoms with Gasteiger partial charge in [-0.05, 0) is 20.6 Å². The summed E-state index contributed by atoms with van der Waals surface area (Å²) < 4.78 is 0. The predicted molar refractivity (Wildman–Crippen MR) is 54.2 cm³/mol. The summed E-state index contributed by atoms with van der Waals surface area (Å²) in [5.74, 6) is 0.536. The van der Waals surface area contributed by atoms with Crippen molar-refractivity contribution in [3.05, 3.63) is 17.1 Å². The van der Waals surface area contributed by atoms with Gasteiger partial charge in [0.1, 0.15) is 5.69 Å². The summed E-state index contributed by atoms with van der Waals surface area (Å²) in [6.07, 6.45) is 1.63. The highest BCUT2D eigenvalue weighted by Gasteiger charge is 2.04. The van der Waals surface area contributed by atoms with Gasteiger partial charge in [-0.2, -0.15) is 0 Å². The Bertz CT molecular complexity index is 355. The first-order valence-electron chi connectivity index (χ1n) is 3.93. The summed E-state index contributed by atoms with van der Waals surface area (Å²) in [5.41, 5.74) is 2.43. The zero-order valence-corrected chi connectivity index (χ0v) is 8.07. The fourth-order valence-corrected chi connectivity index (χ4v) is 0.934. The van der Waals surface area contributed by atoms with Crippen molar-refractivity contribution in [2.24, 2.45) is 9.98 Å². The van der Waals surface area contributed by atoms with E-state index in [9.17, 15) is 0 Å². The van der Waals surface area contributed by atoms with E-state index in [4.69, 9.17) is 0 Å². The minimum Gasteiger partial charge on any atom is -0.294 e. The average molecular weight is 176 g/mol. The molecule has 0 saturated carbocycles. The minimum absolute atomic E-state index is 0.536. The summed E-state index contributed by atoms with van der Waals surface area (Å²) in [6.45, 7) is 7.23. The van der Waals surface area contributed by atoms with Gasteiger partial charge in [-0.25, -0.2) is 15.0 Å². The molecule has 0 saturated heterocycles. The van der Waals surface area contributed by atoms with Crippen LogP contribution < -0.4 is 0 Å². The molecule has 0 N–H and O–H groups in total. The van der Waals surface area contributed by atoms with Crippen LogP contribution in [0.1, 0.15) is 17.1 Å². The number of aromatic nitrogens is 2. The molecule has 0 unspecified atom stereocenters. The molecule has 0 spiro atoms. The Morgan fingerprint density at radius 1 is 1.23 bits per heavy atom. The second kappa shape index (κ2) is 3.89. The van der Waals surface area contributed by atoms with Crippen LogP contribution >= 0.6 is 0 Å². The summed E-state index contributed by atoms with van der Waals surface area (Å²) in [4.78, 5) is 16.2. The van der Waals surface area contributed by atoms with Crippen molar-refractivity contribution in [3.63, 3.8) is 0 Å². The predicted octanol–water partition coefficient (Wildman–Crippen LogP) is 1.47. The first-order valence-corrected chi connectivity index (χ1v) is 3.93. The lowest BCUT2D eigenvalue weighted by atomic mass is 10.3. The molecule has 0 aliphatic rings. The van der Waals surface area contributed by atoms with Crippen LogP contribution in [0, 0.1) is 13.8 Å². The van der Waals surface area contributed by atoms with Crippen LogP contribution in [-0.2, 0) is 0 Å². The molecule has 4 nitrogen and oxygen atoms in total. The normalized spacial score (nSPS) is 10.7. The Morgan fingerprint density at radius 2 is 1.85 bits per heavy atom. The number of hydrogen-bond donors (Lipinski definition) is 0. The van der Waals surface area contributed by atoms with E-state index in [-0.39, 0.29) is 0 Å². The van der Waals surface area contributed by atoms with Crippen LogP contribution in [0.2, 0.25) is 0 Å². The van der Waals surface area contributed by atoms with E-state index in [1.807, 2.05) is 13.8 Å². The summed E-state index contributed by atoms with van der Waals surface area (Å²) >= 11 is 0. The van der Waals surface area contributed by atoms with Gasteiger partial charge in [0, 0.05) is 7.05 Å². The van der Waals surface area contributed by atoms with Crippen LogP contribution in [0.25, 0.3) is 0 Å². The number of aryl methyl sites for hydroxylation is 2. The second-order valence-corrected chi connectivity index (χ2v) is 2.65. The smallest absolute Gasteiger partial charge is 0.179 e. The number of aliphatic imine (C=N–C) groups is 2. The SMILES string of the molecule is C=Nc1nc(C)c(C)nc1/C=N\C. The van der Waals surface area contributed by atoms with E-state index < -0.39 is 0 Å². The maximum absolute atomic E-state index is 4.29. The molecule has 1 aromatic rings. The third-order valence-electron chi connectivity index (χ3n) is 1.72. The average Bonchev–Trinajstić information content (AvgIpc) is 2.11. The second-order valence-electron chi connectivity index (χ2n) is 2.65. The highest BCUT2D eigenvalue weighted by atomic mass is 15.0. The molecule has 4 heteroatoms. The largest absolute Gasteiger partial charge is 0.294 e. The standard InChI is InChI=1S/C9H12N4/c1-6-7(2)13-9(11-4)8(12-6)5-10-3/h5H,4H2,1-3H3/b10-5-. The zero-order chi connectivity index (χ0) is 9.84. The highest BCUT2D eigenvalue weighted by molar-refractivity contribution is 5.83. The van der Waals surface area contributed by atoms with Gasteiger partial charge in [0.25, 0.3) is 0 Å². The zero-order valence-electron chi connectivity index (χ0n) is 8.07. The van der Waals surface area contributed by atoms with E-state index >= 15 is 0 Å². The van der Waals surface area contributed by atoms with E-state index in [1.165, 1.54) is 0 Å². The summed E-state index contributed by atoms with van der Waals surface area (Å²) in [5, 5.41) is 0. The molecule has 1 heterocycles. The van der Waals surface area contributed by atoms with Crippen molar-refractivity contribution in [1.82, 2.24) is 9.97 Å². The van der Waals surface area contributed by atoms with Crippen LogP contribution in [0.3, 0.4) is 0 Å². The van der Waals surface area contributed by atoms with E-state index in [0.29, 0.717) is 11.5 Å². The quantitative estimate of drug-likeness (QED) is 0.641. The van der Waals surface area contributed by atoms with Crippen LogP contribution in [0.5, 0.6) is 0 Å². The first-order chi connectivity index (χ1) is 6.19. The van der Waals surface area contributed by atoms with Crippen molar-refractivity contribution in [2.75, 3.05) is 7.05 Å². The fraction of sp³-hybridized carbons (Fsp3) is 0.333. The lowest BCUT2D eigenvalue weighted by Crippen LogP contribution is -1.98. The molecule has 68 valence electrons. The molecule has 0 fully saturated rings. The van der Waals surface area contributed by atoms with Gasteiger partial charge < -0.3 is 0 Å². The molecule has 0 aliphatic carbocycles. The molecule has 0 radical (unpaired) electrons. The van der Waals surface area contributed by atoms with Crippen molar-refractivity contribution in [3.8, 4) is 0 Å². The van der Waals surface area contributed by atoms with Crippen LogP contribution in [0.15, 0.2) is 9.98 Å². The molecular weight excluding hydrogens is 164 g/mol.